The molecule has 13 heavy (non-hydrogen) atoms. The number of hydrogen-bond acceptors (Lipinski definition) is 1. The number of rotatable bonds is 4. The van der Waals surface area contributed by atoms with Crippen LogP contribution in [0.1, 0.15) is 30.9 Å². The molecule has 0 saturated carbocycles. The predicted molar refractivity (Wildman–Crippen MR) is 56.0 cm³/mol. The van der Waals surface area contributed by atoms with E-state index in [9.17, 15) is 0 Å². The van der Waals surface area contributed by atoms with Gasteiger partial charge in [0.05, 0.1) is 6.61 Å². The second kappa shape index (κ2) is 5.25. The fourth-order valence-corrected chi connectivity index (χ4v) is 1.61. The Labute approximate surface area is 84.4 Å². The van der Waals surface area contributed by atoms with Gasteiger partial charge in [0, 0.05) is 5.02 Å². The molecule has 1 nitrogen and oxygen atoms in total. The van der Waals surface area contributed by atoms with Crippen LogP contribution < -0.4 is 0 Å². The van der Waals surface area contributed by atoms with Crippen LogP contribution in [0.2, 0.25) is 5.02 Å². The molecule has 2 heteroatoms. The van der Waals surface area contributed by atoms with E-state index in [1.807, 2.05) is 12.1 Å². The van der Waals surface area contributed by atoms with E-state index in [0.29, 0.717) is 0 Å². The van der Waals surface area contributed by atoms with E-state index in [1.165, 1.54) is 18.4 Å². The number of benzene rings is 1. The van der Waals surface area contributed by atoms with Crippen LogP contribution in [-0.4, -0.2) is 5.11 Å². The fourth-order valence-electron chi connectivity index (χ4n) is 1.33. The lowest BCUT2D eigenvalue weighted by Gasteiger charge is -2.03. The minimum atomic E-state index is 0.0691. The van der Waals surface area contributed by atoms with Gasteiger partial charge in [0.2, 0.25) is 0 Å². The molecule has 0 bridgehead atoms. The van der Waals surface area contributed by atoms with Gasteiger partial charge in [0.25, 0.3) is 0 Å². The molecule has 0 atom stereocenters. The zero-order chi connectivity index (χ0) is 9.68. The molecule has 0 unspecified atom stereocenters. The highest BCUT2D eigenvalue weighted by molar-refractivity contribution is 6.30. The topological polar surface area (TPSA) is 20.2 Å². The van der Waals surface area contributed by atoms with Crippen molar-refractivity contribution in [2.45, 2.75) is 32.8 Å². The Balaban J connectivity index is 2.76. The van der Waals surface area contributed by atoms with E-state index < -0.39 is 0 Å². The zero-order valence-electron chi connectivity index (χ0n) is 7.89. The minimum absolute atomic E-state index is 0.0691. The molecule has 0 aromatic heterocycles. The van der Waals surface area contributed by atoms with Crippen molar-refractivity contribution in [2.75, 3.05) is 0 Å². The van der Waals surface area contributed by atoms with Crippen LogP contribution in [0, 0.1) is 0 Å². The Morgan fingerprint density at radius 3 is 2.54 bits per heavy atom. The molecule has 72 valence electrons. The lowest BCUT2D eigenvalue weighted by atomic mass is 10.1. The number of halogens is 1. The molecule has 1 aromatic carbocycles. The summed E-state index contributed by atoms with van der Waals surface area (Å²) in [5, 5.41) is 9.67. The maximum absolute atomic E-state index is 8.95. The highest BCUT2D eigenvalue weighted by atomic mass is 35.5. The predicted octanol–water partition coefficient (Wildman–Crippen LogP) is 3.17. The normalized spacial score (nSPS) is 10.4. The standard InChI is InChI=1S/C11H15ClO/c1-2-3-4-9-5-10(8-13)7-11(12)6-9/h5-7,13H,2-4,8H2,1H3. The average molecular weight is 199 g/mol. The zero-order valence-corrected chi connectivity index (χ0v) is 8.64. The van der Waals surface area contributed by atoms with E-state index in [0.717, 1.165) is 17.0 Å². The molecule has 0 aliphatic rings. The van der Waals surface area contributed by atoms with Crippen LogP contribution in [0.25, 0.3) is 0 Å². The molecular weight excluding hydrogens is 184 g/mol. The minimum Gasteiger partial charge on any atom is -0.392 e. The lowest BCUT2D eigenvalue weighted by molar-refractivity contribution is 0.281. The summed E-state index contributed by atoms with van der Waals surface area (Å²) in [5.41, 5.74) is 2.12. The molecule has 0 aliphatic heterocycles. The molecule has 0 spiro atoms. The summed E-state index contributed by atoms with van der Waals surface area (Å²) in [5.74, 6) is 0. The van der Waals surface area contributed by atoms with Crippen molar-refractivity contribution in [3.8, 4) is 0 Å². The lowest BCUT2D eigenvalue weighted by Crippen LogP contribution is -1.89. The fraction of sp³-hybridized carbons (Fsp3) is 0.455. The second-order valence-electron chi connectivity index (χ2n) is 3.23. The van der Waals surface area contributed by atoms with Gasteiger partial charge in [-0.15, -0.1) is 0 Å². The van der Waals surface area contributed by atoms with Crippen molar-refractivity contribution >= 4 is 11.6 Å². The first-order chi connectivity index (χ1) is 6.26. The summed E-state index contributed by atoms with van der Waals surface area (Å²) in [7, 11) is 0. The summed E-state index contributed by atoms with van der Waals surface area (Å²) in [6, 6.07) is 5.79. The molecule has 0 radical (unpaired) electrons. The van der Waals surface area contributed by atoms with E-state index in [4.69, 9.17) is 16.7 Å². The van der Waals surface area contributed by atoms with E-state index >= 15 is 0 Å². The molecule has 0 heterocycles. The van der Waals surface area contributed by atoms with Crippen molar-refractivity contribution in [1.82, 2.24) is 0 Å². The number of hydrogen-bond donors (Lipinski definition) is 1. The highest BCUT2D eigenvalue weighted by Gasteiger charge is 1.98. The van der Waals surface area contributed by atoms with Crippen molar-refractivity contribution in [1.29, 1.82) is 0 Å². The smallest absolute Gasteiger partial charge is 0.0682 e. The summed E-state index contributed by atoms with van der Waals surface area (Å²) in [6.07, 6.45) is 3.40. The highest BCUT2D eigenvalue weighted by Crippen LogP contribution is 2.16. The quantitative estimate of drug-likeness (QED) is 0.788. The van der Waals surface area contributed by atoms with E-state index in [-0.39, 0.29) is 6.61 Å². The van der Waals surface area contributed by atoms with Gasteiger partial charge in [-0.25, -0.2) is 0 Å². The number of unbranched alkanes of at least 4 members (excludes halogenated alkanes) is 1. The molecular formula is C11H15ClO. The Morgan fingerprint density at radius 1 is 1.23 bits per heavy atom. The van der Waals surface area contributed by atoms with E-state index in [2.05, 4.69) is 6.92 Å². The van der Waals surface area contributed by atoms with Crippen molar-refractivity contribution in [3.05, 3.63) is 34.3 Å². The Kier molecular flexibility index (Phi) is 4.26. The van der Waals surface area contributed by atoms with Gasteiger partial charge in [0.15, 0.2) is 0 Å². The maximum Gasteiger partial charge on any atom is 0.0682 e. The summed E-state index contributed by atoms with van der Waals surface area (Å²) >= 11 is 5.90. The molecule has 0 fully saturated rings. The summed E-state index contributed by atoms with van der Waals surface area (Å²) < 4.78 is 0. The number of aryl methyl sites for hydroxylation is 1. The summed E-state index contributed by atoms with van der Waals surface area (Å²) in [4.78, 5) is 0. The van der Waals surface area contributed by atoms with E-state index in [1.54, 1.807) is 6.07 Å². The van der Waals surface area contributed by atoms with Crippen molar-refractivity contribution in [3.63, 3.8) is 0 Å². The molecule has 0 aliphatic carbocycles. The third kappa shape index (κ3) is 3.37. The maximum atomic E-state index is 8.95. The first kappa shape index (κ1) is 10.6. The third-order valence-electron chi connectivity index (χ3n) is 2.02. The second-order valence-corrected chi connectivity index (χ2v) is 3.67. The van der Waals surface area contributed by atoms with Crippen molar-refractivity contribution in [2.24, 2.45) is 0 Å². The van der Waals surface area contributed by atoms with Gasteiger partial charge in [-0.3, -0.25) is 0 Å². The molecule has 1 N–H and O–H groups in total. The van der Waals surface area contributed by atoms with Crippen LogP contribution in [0.5, 0.6) is 0 Å². The first-order valence-electron chi connectivity index (χ1n) is 4.65. The van der Waals surface area contributed by atoms with Crippen LogP contribution >= 0.6 is 11.6 Å². The van der Waals surface area contributed by atoms with Gasteiger partial charge in [-0.1, -0.05) is 31.0 Å². The van der Waals surface area contributed by atoms with Crippen molar-refractivity contribution < 1.29 is 5.11 Å². The van der Waals surface area contributed by atoms with Gasteiger partial charge < -0.3 is 5.11 Å². The average Bonchev–Trinajstić information content (AvgIpc) is 2.14. The van der Waals surface area contributed by atoms with Crippen LogP contribution in [0.15, 0.2) is 18.2 Å². The summed E-state index contributed by atoms with van der Waals surface area (Å²) in [6.45, 7) is 2.23. The van der Waals surface area contributed by atoms with Gasteiger partial charge in [0.1, 0.15) is 0 Å². The largest absolute Gasteiger partial charge is 0.392 e. The molecule has 0 amide bonds. The van der Waals surface area contributed by atoms with Gasteiger partial charge >= 0.3 is 0 Å². The number of aliphatic hydroxyl groups excluding tert-OH is 1. The molecule has 0 saturated heterocycles. The Bertz CT molecular complexity index is 271. The SMILES string of the molecule is CCCCc1cc(Cl)cc(CO)c1. The monoisotopic (exact) mass is 198 g/mol. The van der Waals surface area contributed by atoms with Crippen LogP contribution in [0.4, 0.5) is 0 Å². The first-order valence-corrected chi connectivity index (χ1v) is 5.03. The van der Waals surface area contributed by atoms with Gasteiger partial charge in [-0.2, -0.15) is 0 Å². The van der Waals surface area contributed by atoms with Crippen LogP contribution in [0.3, 0.4) is 0 Å². The van der Waals surface area contributed by atoms with Crippen LogP contribution in [-0.2, 0) is 13.0 Å². The van der Waals surface area contributed by atoms with Gasteiger partial charge in [-0.05, 0) is 36.1 Å². The third-order valence-corrected chi connectivity index (χ3v) is 2.24. The molecule has 1 aromatic rings. The Morgan fingerprint density at radius 2 is 1.92 bits per heavy atom. The number of aliphatic hydroxyl groups is 1. The Hall–Kier alpha value is -0.530. The molecule has 1 rings (SSSR count).